The SMILES string of the molecule is C#CCC(C)NCc1c(C)nc2ccccn12. The van der Waals surface area contributed by atoms with Crippen LogP contribution in [0, 0.1) is 19.3 Å². The summed E-state index contributed by atoms with van der Waals surface area (Å²) in [6.45, 7) is 4.92. The van der Waals surface area contributed by atoms with E-state index in [0.29, 0.717) is 6.04 Å². The van der Waals surface area contributed by atoms with E-state index < -0.39 is 0 Å². The summed E-state index contributed by atoms with van der Waals surface area (Å²) in [6, 6.07) is 6.36. The Labute approximate surface area is 102 Å². The number of rotatable bonds is 4. The summed E-state index contributed by atoms with van der Waals surface area (Å²) < 4.78 is 2.12. The Morgan fingerprint density at radius 3 is 3.12 bits per heavy atom. The maximum Gasteiger partial charge on any atom is 0.137 e. The van der Waals surface area contributed by atoms with E-state index in [1.807, 2.05) is 31.3 Å². The van der Waals surface area contributed by atoms with E-state index in [1.165, 1.54) is 5.69 Å². The average molecular weight is 227 g/mol. The number of aromatic nitrogens is 2. The van der Waals surface area contributed by atoms with E-state index in [9.17, 15) is 0 Å². The molecule has 0 radical (unpaired) electrons. The van der Waals surface area contributed by atoms with Crippen molar-refractivity contribution >= 4 is 5.65 Å². The molecule has 0 aliphatic rings. The van der Waals surface area contributed by atoms with Crippen LogP contribution >= 0.6 is 0 Å². The summed E-state index contributed by atoms with van der Waals surface area (Å²) in [6.07, 6.45) is 8.08. The summed E-state index contributed by atoms with van der Waals surface area (Å²) in [5.41, 5.74) is 3.26. The molecule has 3 nitrogen and oxygen atoms in total. The van der Waals surface area contributed by atoms with Gasteiger partial charge in [0.15, 0.2) is 0 Å². The van der Waals surface area contributed by atoms with Crippen molar-refractivity contribution in [1.82, 2.24) is 14.7 Å². The van der Waals surface area contributed by atoms with E-state index in [0.717, 1.165) is 24.3 Å². The molecule has 88 valence electrons. The Bertz CT molecular complexity index is 548. The molecule has 1 N–H and O–H groups in total. The van der Waals surface area contributed by atoms with Crippen LogP contribution in [0.4, 0.5) is 0 Å². The summed E-state index contributed by atoms with van der Waals surface area (Å²) in [7, 11) is 0. The molecule has 0 aliphatic carbocycles. The van der Waals surface area contributed by atoms with Crippen molar-refractivity contribution in [2.75, 3.05) is 0 Å². The van der Waals surface area contributed by atoms with Gasteiger partial charge < -0.3 is 9.72 Å². The lowest BCUT2D eigenvalue weighted by Gasteiger charge is -2.11. The van der Waals surface area contributed by atoms with Gasteiger partial charge in [-0.25, -0.2) is 4.98 Å². The van der Waals surface area contributed by atoms with Crippen molar-refractivity contribution in [3.63, 3.8) is 0 Å². The van der Waals surface area contributed by atoms with E-state index in [1.54, 1.807) is 0 Å². The highest BCUT2D eigenvalue weighted by Gasteiger charge is 2.08. The lowest BCUT2D eigenvalue weighted by atomic mass is 10.2. The number of aryl methyl sites for hydroxylation is 1. The van der Waals surface area contributed by atoms with Crippen LogP contribution in [0.2, 0.25) is 0 Å². The van der Waals surface area contributed by atoms with Crippen molar-refractivity contribution in [2.45, 2.75) is 32.9 Å². The second kappa shape index (κ2) is 5.03. The maximum atomic E-state index is 5.29. The molecule has 0 aromatic carbocycles. The second-order valence-corrected chi connectivity index (χ2v) is 4.26. The van der Waals surface area contributed by atoms with Crippen molar-refractivity contribution in [3.8, 4) is 12.3 Å². The van der Waals surface area contributed by atoms with E-state index in [4.69, 9.17) is 6.42 Å². The molecule has 0 amide bonds. The van der Waals surface area contributed by atoms with Gasteiger partial charge in [-0.05, 0) is 26.0 Å². The largest absolute Gasteiger partial charge is 0.308 e. The predicted octanol–water partition coefficient (Wildman–Crippen LogP) is 2.14. The number of imidazole rings is 1. The first-order valence-electron chi connectivity index (χ1n) is 5.81. The molecule has 0 saturated carbocycles. The van der Waals surface area contributed by atoms with Gasteiger partial charge in [-0.2, -0.15) is 0 Å². The van der Waals surface area contributed by atoms with Crippen LogP contribution in [-0.4, -0.2) is 15.4 Å². The minimum atomic E-state index is 0.327. The number of nitrogens with one attached hydrogen (secondary N) is 1. The quantitative estimate of drug-likeness (QED) is 0.811. The third-order valence-corrected chi connectivity index (χ3v) is 2.87. The second-order valence-electron chi connectivity index (χ2n) is 4.26. The number of hydrogen-bond acceptors (Lipinski definition) is 2. The maximum absolute atomic E-state index is 5.29. The number of fused-ring (bicyclic) bond motifs is 1. The van der Waals surface area contributed by atoms with Crippen molar-refractivity contribution in [3.05, 3.63) is 35.8 Å². The third kappa shape index (κ3) is 2.48. The number of terminal acetylenes is 1. The third-order valence-electron chi connectivity index (χ3n) is 2.87. The van der Waals surface area contributed by atoms with E-state index in [2.05, 4.69) is 27.5 Å². The van der Waals surface area contributed by atoms with Crippen LogP contribution in [0.25, 0.3) is 5.65 Å². The fraction of sp³-hybridized carbons (Fsp3) is 0.357. The van der Waals surface area contributed by atoms with Gasteiger partial charge >= 0.3 is 0 Å². The molecule has 0 aliphatic heterocycles. The Morgan fingerprint density at radius 2 is 2.35 bits per heavy atom. The zero-order valence-electron chi connectivity index (χ0n) is 10.3. The highest BCUT2D eigenvalue weighted by Crippen LogP contribution is 2.11. The zero-order valence-corrected chi connectivity index (χ0v) is 10.3. The molecular weight excluding hydrogens is 210 g/mol. The molecule has 1 unspecified atom stereocenters. The monoisotopic (exact) mass is 227 g/mol. The normalized spacial score (nSPS) is 12.5. The lowest BCUT2D eigenvalue weighted by molar-refractivity contribution is 0.550. The summed E-state index contributed by atoms with van der Waals surface area (Å²) in [5, 5.41) is 3.42. The Hall–Kier alpha value is -1.79. The molecular formula is C14H17N3. The van der Waals surface area contributed by atoms with Crippen LogP contribution < -0.4 is 5.32 Å². The van der Waals surface area contributed by atoms with Crippen LogP contribution in [0.1, 0.15) is 24.7 Å². The molecule has 2 rings (SSSR count). The summed E-state index contributed by atoms with van der Waals surface area (Å²) in [4.78, 5) is 4.52. The van der Waals surface area contributed by atoms with Gasteiger partial charge in [-0.1, -0.05) is 6.07 Å². The first kappa shape index (κ1) is 11.7. The van der Waals surface area contributed by atoms with Crippen LogP contribution in [0.3, 0.4) is 0 Å². The van der Waals surface area contributed by atoms with Crippen molar-refractivity contribution < 1.29 is 0 Å². The minimum absolute atomic E-state index is 0.327. The Balaban J connectivity index is 2.18. The molecule has 0 fully saturated rings. The van der Waals surface area contributed by atoms with Gasteiger partial charge in [-0.15, -0.1) is 12.3 Å². The van der Waals surface area contributed by atoms with Crippen molar-refractivity contribution in [1.29, 1.82) is 0 Å². The van der Waals surface area contributed by atoms with Crippen LogP contribution in [0.15, 0.2) is 24.4 Å². The fourth-order valence-corrected chi connectivity index (χ4v) is 1.90. The Morgan fingerprint density at radius 1 is 1.53 bits per heavy atom. The molecule has 0 spiro atoms. The van der Waals surface area contributed by atoms with Crippen molar-refractivity contribution in [2.24, 2.45) is 0 Å². The fourth-order valence-electron chi connectivity index (χ4n) is 1.90. The van der Waals surface area contributed by atoms with Gasteiger partial charge in [0.25, 0.3) is 0 Å². The topological polar surface area (TPSA) is 29.3 Å². The Kier molecular flexibility index (Phi) is 3.46. The first-order chi connectivity index (χ1) is 8.22. The lowest BCUT2D eigenvalue weighted by Crippen LogP contribution is -2.25. The standard InChI is InChI=1S/C14H17N3/c1-4-7-11(2)15-10-13-12(3)16-14-8-5-6-9-17(13)14/h1,5-6,8-9,11,15H,7,10H2,2-3H3. The van der Waals surface area contributed by atoms with Gasteiger partial charge in [0.1, 0.15) is 5.65 Å². The predicted molar refractivity (Wildman–Crippen MR) is 69.7 cm³/mol. The van der Waals surface area contributed by atoms with Gasteiger partial charge in [0.2, 0.25) is 0 Å². The van der Waals surface area contributed by atoms with Crippen LogP contribution in [0.5, 0.6) is 0 Å². The smallest absolute Gasteiger partial charge is 0.137 e. The molecule has 17 heavy (non-hydrogen) atoms. The van der Waals surface area contributed by atoms with Gasteiger partial charge in [-0.3, -0.25) is 0 Å². The van der Waals surface area contributed by atoms with Gasteiger partial charge in [0, 0.05) is 25.2 Å². The molecule has 3 heteroatoms. The molecule has 1 atom stereocenters. The number of nitrogens with zero attached hydrogens (tertiary/aromatic N) is 2. The molecule has 0 bridgehead atoms. The average Bonchev–Trinajstić information content (AvgIpc) is 2.62. The number of pyridine rings is 1. The zero-order chi connectivity index (χ0) is 12.3. The molecule has 2 heterocycles. The summed E-state index contributed by atoms with van der Waals surface area (Å²) in [5.74, 6) is 2.66. The molecule has 2 aromatic heterocycles. The highest BCUT2D eigenvalue weighted by molar-refractivity contribution is 5.42. The van der Waals surface area contributed by atoms with E-state index in [-0.39, 0.29) is 0 Å². The highest BCUT2D eigenvalue weighted by atomic mass is 15.0. The minimum Gasteiger partial charge on any atom is -0.308 e. The molecule has 2 aromatic rings. The number of hydrogen-bond donors (Lipinski definition) is 1. The van der Waals surface area contributed by atoms with Gasteiger partial charge in [0.05, 0.1) is 11.4 Å². The molecule has 0 saturated heterocycles. The van der Waals surface area contributed by atoms with Crippen LogP contribution in [-0.2, 0) is 6.54 Å². The van der Waals surface area contributed by atoms with E-state index >= 15 is 0 Å². The summed E-state index contributed by atoms with van der Waals surface area (Å²) >= 11 is 0. The first-order valence-corrected chi connectivity index (χ1v) is 5.81.